The van der Waals surface area contributed by atoms with E-state index in [2.05, 4.69) is 0 Å². The highest BCUT2D eigenvalue weighted by Gasteiger charge is 2.37. The monoisotopic (exact) mass is 293 g/mol. The summed E-state index contributed by atoms with van der Waals surface area (Å²) in [5.74, 6) is -0.266. The lowest BCUT2D eigenvalue weighted by atomic mass is 9.98. The van der Waals surface area contributed by atoms with E-state index >= 15 is 0 Å². The maximum atomic E-state index is 12.4. The molecule has 3 nitrogen and oxygen atoms in total. The van der Waals surface area contributed by atoms with Gasteiger partial charge in [-0.2, -0.15) is 0 Å². The van der Waals surface area contributed by atoms with Crippen LogP contribution in [0.25, 0.3) is 0 Å². The van der Waals surface area contributed by atoms with Crippen LogP contribution in [-0.4, -0.2) is 23.3 Å². The van der Waals surface area contributed by atoms with E-state index in [-0.39, 0.29) is 17.7 Å². The molecule has 0 aliphatic carbocycles. The zero-order valence-electron chi connectivity index (χ0n) is 12.4. The first kappa shape index (κ1) is 14.5. The molecule has 1 aliphatic rings. The van der Waals surface area contributed by atoms with Gasteiger partial charge in [-0.1, -0.05) is 60.7 Å². The number of carbonyl (C=O) groups excluding carboxylic acids is 2. The number of carbonyl (C=O) groups is 2. The molecule has 3 rings (SSSR count). The molecule has 3 heteroatoms. The maximum Gasteiger partial charge on any atom is 0.233 e. The summed E-state index contributed by atoms with van der Waals surface area (Å²) < 4.78 is 0. The number of amides is 2. The van der Waals surface area contributed by atoms with E-state index in [0.29, 0.717) is 19.4 Å². The van der Waals surface area contributed by atoms with Crippen molar-refractivity contribution in [1.29, 1.82) is 0 Å². The van der Waals surface area contributed by atoms with Gasteiger partial charge in [0.25, 0.3) is 0 Å². The first-order valence-corrected chi connectivity index (χ1v) is 7.66. The number of nitrogens with zero attached hydrogens (tertiary/aromatic N) is 1. The Hall–Kier alpha value is -2.42. The summed E-state index contributed by atoms with van der Waals surface area (Å²) in [6.07, 6.45) is 1.70. The Morgan fingerprint density at radius 1 is 0.864 bits per heavy atom. The first-order chi connectivity index (χ1) is 10.7. The summed E-state index contributed by atoms with van der Waals surface area (Å²) in [6, 6.07) is 19.8. The third-order valence-electron chi connectivity index (χ3n) is 4.13. The number of likely N-dealkylation sites (tertiary alicyclic amines) is 1. The van der Waals surface area contributed by atoms with Gasteiger partial charge in [0.05, 0.1) is 5.92 Å². The molecule has 0 saturated carbocycles. The van der Waals surface area contributed by atoms with E-state index in [1.54, 1.807) is 0 Å². The van der Waals surface area contributed by atoms with Gasteiger partial charge < -0.3 is 0 Å². The first-order valence-electron chi connectivity index (χ1n) is 7.66. The Labute approximate surface area is 130 Å². The van der Waals surface area contributed by atoms with Crippen LogP contribution in [0, 0.1) is 5.92 Å². The average molecular weight is 293 g/mol. The van der Waals surface area contributed by atoms with Crippen molar-refractivity contribution in [3.05, 3.63) is 71.8 Å². The zero-order valence-corrected chi connectivity index (χ0v) is 12.4. The number of hydrogen-bond donors (Lipinski definition) is 0. The van der Waals surface area contributed by atoms with Crippen LogP contribution in [0.15, 0.2) is 60.7 Å². The molecule has 22 heavy (non-hydrogen) atoms. The fourth-order valence-corrected chi connectivity index (χ4v) is 2.93. The second-order valence-electron chi connectivity index (χ2n) is 5.71. The number of hydrogen-bond acceptors (Lipinski definition) is 2. The maximum absolute atomic E-state index is 12.4. The van der Waals surface area contributed by atoms with E-state index in [4.69, 9.17) is 0 Å². The standard InChI is InChI=1S/C19H19NO2/c21-18-14-17(13-16-9-5-2-6-10-16)19(22)20(18)12-11-15-7-3-1-4-8-15/h1-10,17H,11-14H2/t17-/m1/s1. The average Bonchev–Trinajstić information content (AvgIpc) is 2.81. The van der Waals surface area contributed by atoms with Crippen molar-refractivity contribution in [3.63, 3.8) is 0 Å². The Morgan fingerprint density at radius 3 is 2.09 bits per heavy atom. The van der Waals surface area contributed by atoms with Gasteiger partial charge in [-0.25, -0.2) is 0 Å². The van der Waals surface area contributed by atoms with E-state index in [1.807, 2.05) is 60.7 Å². The van der Waals surface area contributed by atoms with Crippen LogP contribution in [0.3, 0.4) is 0 Å². The molecule has 0 radical (unpaired) electrons. The molecule has 1 atom stereocenters. The highest BCUT2D eigenvalue weighted by Crippen LogP contribution is 2.23. The van der Waals surface area contributed by atoms with Gasteiger partial charge in [0.2, 0.25) is 11.8 Å². The van der Waals surface area contributed by atoms with E-state index < -0.39 is 0 Å². The van der Waals surface area contributed by atoms with Crippen LogP contribution in [0.2, 0.25) is 0 Å². The molecule has 1 saturated heterocycles. The zero-order chi connectivity index (χ0) is 15.4. The lowest BCUT2D eigenvalue weighted by Crippen LogP contribution is -2.33. The van der Waals surface area contributed by atoms with Crippen molar-refractivity contribution in [3.8, 4) is 0 Å². The Morgan fingerprint density at radius 2 is 1.45 bits per heavy atom. The van der Waals surface area contributed by atoms with Crippen molar-refractivity contribution < 1.29 is 9.59 Å². The van der Waals surface area contributed by atoms with Crippen molar-refractivity contribution in [2.24, 2.45) is 5.92 Å². The molecule has 2 aromatic rings. The van der Waals surface area contributed by atoms with Crippen molar-refractivity contribution >= 4 is 11.8 Å². The normalized spacial score (nSPS) is 18.0. The fourth-order valence-electron chi connectivity index (χ4n) is 2.93. The van der Waals surface area contributed by atoms with Crippen LogP contribution in [0.4, 0.5) is 0 Å². The molecule has 2 aromatic carbocycles. The van der Waals surface area contributed by atoms with Gasteiger partial charge in [-0.15, -0.1) is 0 Å². The van der Waals surface area contributed by atoms with Gasteiger partial charge >= 0.3 is 0 Å². The molecular formula is C19H19NO2. The Bertz CT molecular complexity index is 652. The summed E-state index contributed by atoms with van der Waals surface area (Å²) in [6.45, 7) is 0.479. The van der Waals surface area contributed by atoms with Crippen LogP contribution in [0.5, 0.6) is 0 Å². The molecule has 0 unspecified atom stereocenters. The molecule has 0 aromatic heterocycles. The number of imide groups is 1. The largest absolute Gasteiger partial charge is 0.282 e. The third-order valence-corrected chi connectivity index (χ3v) is 4.13. The summed E-state index contributed by atoms with van der Waals surface area (Å²) in [7, 11) is 0. The molecule has 0 bridgehead atoms. The minimum absolute atomic E-state index is 0.0233. The molecule has 1 aliphatic heterocycles. The van der Waals surface area contributed by atoms with Gasteiger partial charge in [0, 0.05) is 13.0 Å². The fraction of sp³-hybridized carbons (Fsp3) is 0.263. The lowest BCUT2D eigenvalue weighted by molar-refractivity contribution is -0.139. The molecular weight excluding hydrogens is 274 g/mol. The van der Waals surface area contributed by atoms with E-state index in [0.717, 1.165) is 17.5 Å². The molecule has 1 fully saturated rings. The summed E-state index contributed by atoms with van der Waals surface area (Å²) in [5, 5.41) is 0. The highest BCUT2D eigenvalue weighted by molar-refractivity contribution is 6.03. The lowest BCUT2D eigenvalue weighted by Gasteiger charge is -2.15. The van der Waals surface area contributed by atoms with Gasteiger partial charge in [0.15, 0.2) is 0 Å². The van der Waals surface area contributed by atoms with Crippen LogP contribution < -0.4 is 0 Å². The minimum Gasteiger partial charge on any atom is -0.282 e. The number of benzene rings is 2. The van der Waals surface area contributed by atoms with Gasteiger partial charge in [-0.05, 0) is 24.0 Å². The smallest absolute Gasteiger partial charge is 0.233 e. The Balaban J connectivity index is 1.62. The molecule has 0 N–H and O–H groups in total. The molecule has 112 valence electrons. The second-order valence-corrected chi connectivity index (χ2v) is 5.71. The highest BCUT2D eigenvalue weighted by atomic mass is 16.2. The van der Waals surface area contributed by atoms with Crippen LogP contribution in [0.1, 0.15) is 17.5 Å². The predicted molar refractivity (Wildman–Crippen MR) is 85.1 cm³/mol. The summed E-state index contributed by atoms with van der Waals surface area (Å²) in [4.78, 5) is 26.0. The van der Waals surface area contributed by atoms with Gasteiger partial charge in [0.1, 0.15) is 0 Å². The van der Waals surface area contributed by atoms with Crippen molar-refractivity contribution in [2.75, 3.05) is 6.54 Å². The van der Waals surface area contributed by atoms with Crippen LogP contribution >= 0.6 is 0 Å². The molecule has 2 amide bonds. The van der Waals surface area contributed by atoms with Gasteiger partial charge in [-0.3, -0.25) is 14.5 Å². The molecule has 1 heterocycles. The SMILES string of the molecule is O=C1C[C@@H](Cc2ccccc2)C(=O)N1CCc1ccccc1. The topological polar surface area (TPSA) is 37.4 Å². The minimum atomic E-state index is -0.203. The molecule has 0 spiro atoms. The predicted octanol–water partition coefficient (Wildman–Crippen LogP) is 2.85. The van der Waals surface area contributed by atoms with Crippen molar-refractivity contribution in [1.82, 2.24) is 4.90 Å². The third kappa shape index (κ3) is 3.25. The summed E-state index contributed by atoms with van der Waals surface area (Å²) >= 11 is 0. The van der Waals surface area contributed by atoms with E-state index in [9.17, 15) is 9.59 Å². The Kier molecular flexibility index (Phi) is 4.33. The van der Waals surface area contributed by atoms with E-state index in [1.165, 1.54) is 4.90 Å². The van der Waals surface area contributed by atoms with Crippen LogP contribution in [-0.2, 0) is 22.4 Å². The summed E-state index contributed by atoms with van der Waals surface area (Å²) in [5.41, 5.74) is 2.26. The quantitative estimate of drug-likeness (QED) is 0.795. The second kappa shape index (κ2) is 6.56. The number of rotatable bonds is 5. The van der Waals surface area contributed by atoms with Crippen molar-refractivity contribution in [2.45, 2.75) is 19.3 Å².